The van der Waals surface area contributed by atoms with E-state index in [0.29, 0.717) is 16.4 Å². The lowest BCUT2D eigenvalue weighted by atomic mass is 10.3. The molecule has 2 aromatic rings. The quantitative estimate of drug-likeness (QED) is 0.946. The van der Waals surface area contributed by atoms with Crippen LogP contribution in [0.25, 0.3) is 0 Å². The van der Waals surface area contributed by atoms with Crippen LogP contribution in [-0.2, 0) is 17.1 Å². The van der Waals surface area contributed by atoms with Crippen molar-refractivity contribution in [1.29, 1.82) is 0 Å². The predicted molar refractivity (Wildman–Crippen MR) is 75.2 cm³/mol. The van der Waals surface area contributed by atoms with Gasteiger partial charge in [0.25, 0.3) is 10.0 Å². The Morgan fingerprint density at radius 2 is 2.00 bits per heavy atom. The molecular formula is C11H11Cl2N3O2S. The minimum atomic E-state index is -3.79. The first-order chi connectivity index (χ1) is 8.81. The monoisotopic (exact) mass is 319 g/mol. The van der Waals surface area contributed by atoms with Crippen LogP contribution in [0.3, 0.4) is 0 Å². The van der Waals surface area contributed by atoms with E-state index in [1.54, 1.807) is 32.2 Å². The molecule has 1 aromatic heterocycles. The Kier molecular flexibility index (Phi) is 3.75. The maximum Gasteiger partial charge on any atom is 0.266 e. The number of nitrogens with zero attached hydrogens (tertiary/aromatic N) is 2. The van der Waals surface area contributed by atoms with Crippen LogP contribution in [0.5, 0.6) is 0 Å². The van der Waals surface area contributed by atoms with Gasteiger partial charge in [-0.05, 0) is 25.1 Å². The fraction of sp³-hybridized carbons (Fsp3) is 0.182. The zero-order valence-corrected chi connectivity index (χ0v) is 12.5. The van der Waals surface area contributed by atoms with Gasteiger partial charge in [-0.1, -0.05) is 29.3 Å². The third kappa shape index (κ3) is 2.86. The van der Waals surface area contributed by atoms with Gasteiger partial charge in [-0.3, -0.25) is 9.40 Å². The molecule has 0 spiro atoms. The highest BCUT2D eigenvalue weighted by molar-refractivity contribution is 7.92. The van der Waals surface area contributed by atoms with Crippen molar-refractivity contribution < 1.29 is 8.42 Å². The molecule has 0 bridgehead atoms. The fourth-order valence-electron chi connectivity index (χ4n) is 1.67. The van der Waals surface area contributed by atoms with Gasteiger partial charge in [-0.25, -0.2) is 8.42 Å². The lowest BCUT2D eigenvalue weighted by Crippen LogP contribution is -2.14. The Balaban J connectivity index is 2.44. The van der Waals surface area contributed by atoms with Crippen molar-refractivity contribution in [3.8, 4) is 0 Å². The van der Waals surface area contributed by atoms with Gasteiger partial charge in [0.05, 0.1) is 11.4 Å². The van der Waals surface area contributed by atoms with Crippen molar-refractivity contribution >= 4 is 38.9 Å². The van der Waals surface area contributed by atoms with E-state index >= 15 is 0 Å². The summed E-state index contributed by atoms with van der Waals surface area (Å²) >= 11 is 11.8. The molecule has 0 radical (unpaired) electrons. The van der Waals surface area contributed by atoms with Crippen molar-refractivity contribution in [2.45, 2.75) is 11.8 Å². The molecule has 1 heterocycles. The van der Waals surface area contributed by atoms with E-state index in [4.69, 9.17) is 23.2 Å². The maximum atomic E-state index is 12.3. The summed E-state index contributed by atoms with van der Waals surface area (Å²) in [6, 6.07) is 6.42. The summed E-state index contributed by atoms with van der Waals surface area (Å²) in [7, 11) is -2.22. The molecule has 0 atom stereocenters. The summed E-state index contributed by atoms with van der Waals surface area (Å²) < 4.78 is 28.3. The topological polar surface area (TPSA) is 64.0 Å². The van der Waals surface area contributed by atoms with Gasteiger partial charge in [0, 0.05) is 12.1 Å². The van der Waals surface area contributed by atoms with Gasteiger partial charge < -0.3 is 0 Å². The van der Waals surface area contributed by atoms with Gasteiger partial charge in [0.2, 0.25) is 0 Å². The van der Waals surface area contributed by atoms with Gasteiger partial charge in [-0.2, -0.15) is 5.10 Å². The summed E-state index contributed by atoms with van der Waals surface area (Å²) in [5, 5.41) is 4.48. The molecule has 0 saturated carbocycles. The molecule has 5 nitrogen and oxygen atoms in total. The number of benzene rings is 1. The second kappa shape index (κ2) is 5.03. The lowest BCUT2D eigenvalue weighted by molar-refractivity contribution is 0.600. The normalized spacial score (nSPS) is 11.6. The average molecular weight is 320 g/mol. The van der Waals surface area contributed by atoms with Crippen molar-refractivity contribution in [3.63, 3.8) is 0 Å². The molecule has 1 N–H and O–H groups in total. The number of sulfonamides is 1. The Labute approximate surface area is 121 Å². The first kappa shape index (κ1) is 14.2. The standard InChI is InChI=1S/C11H11Cl2N3O2S/c1-7-10(11(13)16(2)14-7)19(17,18)15-9-5-3-4-8(12)6-9/h3-6,15H,1-2H3. The van der Waals surface area contributed by atoms with Crippen LogP contribution < -0.4 is 4.72 Å². The smallest absolute Gasteiger partial charge is 0.266 e. The first-order valence-electron chi connectivity index (χ1n) is 5.29. The molecule has 0 amide bonds. The van der Waals surface area contributed by atoms with Crippen molar-refractivity contribution in [3.05, 3.63) is 40.1 Å². The number of anilines is 1. The minimum absolute atomic E-state index is 0.0309. The first-order valence-corrected chi connectivity index (χ1v) is 7.52. The van der Waals surface area contributed by atoms with Crippen LogP contribution in [0, 0.1) is 6.92 Å². The summed E-state index contributed by atoms with van der Waals surface area (Å²) in [5.74, 6) is 0. The Morgan fingerprint density at radius 1 is 1.32 bits per heavy atom. The molecule has 1 aromatic carbocycles. The Morgan fingerprint density at radius 3 is 2.53 bits per heavy atom. The van der Waals surface area contributed by atoms with Crippen LogP contribution >= 0.6 is 23.2 Å². The zero-order chi connectivity index (χ0) is 14.2. The SMILES string of the molecule is Cc1nn(C)c(Cl)c1S(=O)(=O)Nc1cccc(Cl)c1. The minimum Gasteiger partial charge on any atom is -0.279 e. The molecule has 102 valence electrons. The fourth-order valence-corrected chi connectivity index (χ4v) is 3.67. The van der Waals surface area contributed by atoms with Gasteiger partial charge in [-0.15, -0.1) is 0 Å². The number of hydrogen-bond acceptors (Lipinski definition) is 3. The lowest BCUT2D eigenvalue weighted by Gasteiger charge is -2.07. The molecule has 0 aliphatic carbocycles. The van der Waals surface area contributed by atoms with E-state index in [0.717, 1.165) is 0 Å². The molecule has 19 heavy (non-hydrogen) atoms. The number of rotatable bonds is 3. The van der Waals surface area contributed by atoms with Crippen LogP contribution in [0.15, 0.2) is 29.2 Å². The molecule has 0 unspecified atom stereocenters. The Bertz CT molecular complexity index is 726. The Hall–Kier alpha value is -1.24. The van der Waals surface area contributed by atoms with E-state index in [1.165, 1.54) is 10.7 Å². The summed E-state index contributed by atoms with van der Waals surface area (Å²) in [6.45, 7) is 1.58. The highest BCUT2D eigenvalue weighted by Crippen LogP contribution is 2.26. The third-order valence-electron chi connectivity index (χ3n) is 2.45. The van der Waals surface area contributed by atoms with Crippen LogP contribution in [0.4, 0.5) is 5.69 Å². The van der Waals surface area contributed by atoms with Gasteiger partial charge >= 0.3 is 0 Å². The van der Waals surface area contributed by atoms with E-state index < -0.39 is 10.0 Å². The van der Waals surface area contributed by atoms with Crippen LogP contribution in [0.2, 0.25) is 10.2 Å². The second-order valence-corrected chi connectivity index (χ2v) is 6.36. The number of nitrogens with one attached hydrogen (secondary N) is 1. The number of aromatic nitrogens is 2. The maximum absolute atomic E-state index is 12.3. The highest BCUT2D eigenvalue weighted by atomic mass is 35.5. The summed E-state index contributed by atoms with van der Waals surface area (Å²) in [4.78, 5) is -0.0309. The van der Waals surface area contributed by atoms with Crippen LogP contribution in [-0.4, -0.2) is 18.2 Å². The van der Waals surface area contributed by atoms with E-state index in [1.807, 2.05) is 0 Å². The number of hydrogen-bond donors (Lipinski definition) is 1. The van der Waals surface area contributed by atoms with Crippen molar-refractivity contribution in [2.24, 2.45) is 7.05 Å². The van der Waals surface area contributed by atoms with Crippen molar-refractivity contribution in [2.75, 3.05) is 4.72 Å². The molecule has 0 aliphatic rings. The molecular weight excluding hydrogens is 309 g/mol. The molecule has 0 fully saturated rings. The molecule has 8 heteroatoms. The summed E-state index contributed by atoms with van der Waals surface area (Å²) in [6.07, 6.45) is 0. The van der Waals surface area contributed by atoms with E-state index in [-0.39, 0.29) is 10.0 Å². The average Bonchev–Trinajstić information content (AvgIpc) is 2.52. The third-order valence-corrected chi connectivity index (χ3v) is 4.76. The van der Waals surface area contributed by atoms with Gasteiger partial charge in [0.1, 0.15) is 10.0 Å². The van der Waals surface area contributed by atoms with E-state index in [9.17, 15) is 8.42 Å². The van der Waals surface area contributed by atoms with Crippen molar-refractivity contribution in [1.82, 2.24) is 9.78 Å². The molecule has 0 aliphatic heterocycles. The molecule has 0 saturated heterocycles. The van der Waals surface area contributed by atoms with E-state index in [2.05, 4.69) is 9.82 Å². The molecule has 2 rings (SSSR count). The van der Waals surface area contributed by atoms with Gasteiger partial charge in [0.15, 0.2) is 0 Å². The largest absolute Gasteiger partial charge is 0.279 e. The number of halogens is 2. The summed E-state index contributed by atoms with van der Waals surface area (Å²) in [5.41, 5.74) is 0.703. The zero-order valence-electron chi connectivity index (χ0n) is 10.2. The predicted octanol–water partition coefficient (Wildman–Crippen LogP) is 2.84. The number of aryl methyl sites for hydroxylation is 2. The van der Waals surface area contributed by atoms with Crippen LogP contribution in [0.1, 0.15) is 5.69 Å². The highest BCUT2D eigenvalue weighted by Gasteiger charge is 2.25. The second-order valence-electron chi connectivity index (χ2n) is 3.94.